The van der Waals surface area contributed by atoms with Crippen molar-refractivity contribution >= 4 is 29.1 Å². The molecule has 0 N–H and O–H groups in total. The quantitative estimate of drug-likeness (QED) is 0.619. The smallest absolute Gasteiger partial charge is 0.227 e. The fraction of sp³-hybridized carbons (Fsp3) is 0.458. The molecule has 0 bridgehead atoms. The SMILES string of the molecule is C[C@@H]1[C@@H](C)c2ccccc2[C@H](CN2CCCC2)N1C(=O)Cc1ccc(Cl)c(Cl)c1. The average molecular weight is 431 g/mol. The van der Waals surface area contributed by atoms with E-state index in [4.69, 9.17) is 23.2 Å². The van der Waals surface area contributed by atoms with Crippen molar-refractivity contribution in [2.75, 3.05) is 19.6 Å². The molecule has 0 unspecified atom stereocenters. The van der Waals surface area contributed by atoms with E-state index >= 15 is 0 Å². The van der Waals surface area contributed by atoms with Crippen molar-refractivity contribution in [2.45, 2.75) is 51.1 Å². The first-order valence-corrected chi connectivity index (χ1v) is 11.3. The molecule has 1 saturated heterocycles. The van der Waals surface area contributed by atoms with Crippen LogP contribution in [0, 0.1) is 0 Å². The molecule has 0 spiro atoms. The molecule has 2 aliphatic rings. The van der Waals surface area contributed by atoms with Crippen molar-refractivity contribution in [1.29, 1.82) is 0 Å². The highest BCUT2D eigenvalue weighted by Crippen LogP contribution is 2.41. The first-order valence-electron chi connectivity index (χ1n) is 10.5. The molecule has 1 fully saturated rings. The van der Waals surface area contributed by atoms with Crippen molar-refractivity contribution in [2.24, 2.45) is 0 Å². The number of rotatable bonds is 4. The molecule has 2 aromatic carbocycles. The number of hydrogen-bond acceptors (Lipinski definition) is 2. The number of carbonyl (C=O) groups excluding carboxylic acids is 1. The Kier molecular flexibility index (Phi) is 6.19. The minimum Gasteiger partial charge on any atom is -0.331 e. The monoisotopic (exact) mass is 430 g/mol. The Morgan fingerprint density at radius 1 is 1.00 bits per heavy atom. The summed E-state index contributed by atoms with van der Waals surface area (Å²) < 4.78 is 0. The number of nitrogens with zero attached hydrogens (tertiary/aromatic N) is 2. The van der Waals surface area contributed by atoms with E-state index in [1.54, 1.807) is 6.07 Å². The molecule has 29 heavy (non-hydrogen) atoms. The van der Waals surface area contributed by atoms with Gasteiger partial charge in [0.25, 0.3) is 0 Å². The number of amides is 1. The van der Waals surface area contributed by atoms with Gasteiger partial charge >= 0.3 is 0 Å². The van der Waals surface area contributed by atoms with Crippen LogP contribution in [0.4, 0.5) is 0 Å². The Morgan fingerprint density at radius 3 is 2.38 bits per heavy atom. The highest BCUT2D eigenvalue weighted by molar-refractivity contribution is 6.42. The van der Waals surface area contributed by atoms with Crippen LogP contribution < -0.4 is 0 Å². The number of fused-ring (bicyclic) bond motifs is 1. The lowest BCUT2D eigenvalue weighted by molar-refractivity contribution is -0.137. The second kappa shape index (κ2) is 8.67. The maximum Gasteiger partial charge on any atom is 0.227 e. The third-order valence-electron chi connectivity index (χ3n) is 6.60. The van der Waals surface area contributed by atoms with Crippen molar-refractivity contribution in [3.8, 4) is 0 Å². The van der Waals surface area contributed by atoms with Gasteiger partial charge in [0.2, 0.25) is 5.91 Å². The number of likely N-dealkylation sites (tertiary alicyclic amines) is 1. The fourth-order valence-electron chi connectivity index (χ4n) is 4.88. The zero-order valence-corrected chi connectivity index (χ0v) is 18.6. The fourth-order valence-corrected chi connectivity index (χ4v) is 5.20. The Bertz CT molecular complexity index is 894. The Balaban J connectivity index is 1.66. The van der Waals surface area contributed by atoms with Crippen LogP contribution in [0.1, 0.15) is 55.3 Å². The van der Waals surface area contributed by atoms with E-state index in [1.807, 2.05) is 12.1 Å². The zero-order chi connectivity index (χ0) is 20.5. The van der Waals surface area contributed by atoms with E-state index in [-0.39, 0.29) is 18.0 Å². The molecule has 0 aromatic heterocycles. The maximum atomic E-state index is 13.5. The first-order chi connectivity index (χ1) is 14.0. The summed E-state index contributed by atoms with van der Waals surface area (Å²) in [4.78, 5) is 18.2. The van der Waals surface area contributed by atoms with Gasteiger partial charge in [0.1, 0.15) is 0 Å². The summed E-state index contributed by atoms with van der Waals surface area (Å²) in [6, 6.07) is 14.4. The standard InChI is InChI=1S/C24H28Cl2N2O/c1-16-17(2)28(24(29)14-18-9-10-21(25)22(26)13-18)23(15-27-11-5-6-12-27)20-8-4-3-7-19(16)20/h3-4,7-10,13,16-17,23H,5-6,11-12,14-15H2,1-2H3/t16-,17-,23+/m1/s1. The first kappa shape index (κ1) is 20.7. The third-order valence-corrected chi connectivity index (χ3v) is 7.34. The van der Waals surface area contributed by atoms with Crippen LogP contribution in [-0.4, -0.2) is 41.4 Å². The highest BCUT2D eigenvalue weighted by Gasteiger charge is 2.39. The zero-order valence-electron chi connectivity index (χ0n) is 17.1. The summed E-state index contributed by atoms with van der Waals surface area (Å²) in [7, 11) is 0. The lowest BCUT2D eigenvalue weighted by Gasteiger charge is -2.46. The van der Waals surface area contributed by atoms with Gasteiger partial charge in [0.15, 0.2) is 0 Å². The van der Waals surface area contributed by atoms with E-state index in [1.165, 1.54) is 24.0 Å². The molecular weight excluding hydrogens is 403 g/mol. The van der Waals surface area contributed by atoms with Gasteiger partial charge in [-0.15, -0.1) is 0 Å². The number of benzene rings is 2. The molecule has 0 saturated carbocycles. The van der Waals surface area contributed by atoms with Crippen LogP contribution >= 0.6 is 23.2 Å². The summed E-state index contributed by atoms with van der Waals surface area (Å²) in [6.45, 7) is 7.56. The lowest BCUT2D eigenvalue weighted by Crippen LogP contribution is -2.51. The van der Waals surface area contributed by atoms with Crippen LogP contribution in [-0.2, 0) is 11.2 Å². The molecule has 1 amide bonds. The van der Waals surface area contributed by atoms with E-state index in [9.17, 15) is 4.79 Å². The van der Waals surface area contributed by atoms with Crippen LogP contribution in [0.3, 0.4) is 0 Å². The van der Waals surface area contributed by atoms with Gasteiger partial charge in [-0.2, -0.15) is 0 Å². The summed E-state index contributed by atoms with van der Waals surface area (Å²) in [5, 5.41) is 1.01. The molecule has 3 nitrogen and oxygen atoms in total. The van der Waals surface area contributed by atoms with Crippen LogP contribution in [0.2, 0.25) is 10.0 Å². The minimum absolute atomic E-state index is 0.0887. The second-order valence-electron chi connectivity index (χ2n) is 8.41. The van der Waals surface area contributed by atoms with Crippen molar-refractivity contribution in [1.82, 2.24) is 9.80 Å². The van der Waals surface area contributed by atoms with Crippen LogP contribution in [0.5, 0.6) is 0 Å². The van der Waals surface area contributed by atoms with E-state index in [2.05, 4.69) is 47.9 Å². The summed E-state index contributed by atoms with van der Waals surface area (Å²) in [5.74, 6) is 0.459. The Labute approximate surface area is 183 Å². The van der Waals surface area contributed by atoms with Gasteiger partial charge in [-0.05, 0) is 61.7 Å². The van der Waals surface area contributed by atoms with Crippen LogP contribution in [0.15, 0.2) is 42.5 Å². The molecular formula is C24H28Cl2N2O. The van der Waals surface area contributed by atoms with Crippen molar-refractivity contribution in [3.05, 3.63) is 69.2 Å². The van der Waals surface area contributed by atoms with Gasteiger partial charge in [0.05, 0.1) is 22.5 Å². The van der Waals surface area contributed by atoms with E-state index in [0.717, 1.165) is 25.2 Å². The van der Waals surface area contributed by atoms with Gasteiger partial charge in [0, 0.05) is 18.5 Å². The number of carbonyl (C=O) groups is 1. The highest BCUT2D eigenvalue weighted by atomic mass is 35.5. The lowest BCUT2D eigenvalue weighted by atomic mass is 9.81. The Morgan fingerprint density at radius 2 is 1.69 bits per heavy atom. The third kappa shape index (κ3) is 4.19. The topological polar surface area (TPSA) is 23.6 Å². The number of halogens is 2. The molecule has 3 atom stereocenters. The molecule has 2 aromatic rings. The summed E-state index contributed by atoms with van der Waals surface area (Å²) in [6.07, 6.45) is 2.84. The van der Waals surface area contributed by atoms with Crippen molar-refractivity contribution < 1.29 is 4.79 Å². The largest absolute Gasteiger partial charge is 0.331 e. The Hall–Kier alpha value is -1.55. The minimum atomic E-state index is 0.0887. The second-order valence-corrected chi connectivity index (χ2v) is 9.22. The molecule has 4 rings (SSSR count). The van der Waals surface area contributed by atoms with E-state index in [0.29, 0.717) is 22.4 Å². The van der Waals surface area contributed by atoms with Gasteiger partial charge in [-0.25, -0.2) is 0 Å². The average Bonchev–Trinajstić information content (AvgIpc) is 3.22. The van der Waals surface area contributed by atoms with E-state index < -0.39 is 0 Å². The van der Waals surface area contributed by atoms with Gasteiger partial charge in [-0.1, -0.05) is 60.5 Å². The molecule has 0 aliphatic carbocycles. The summed E-state index contributed by atoms with van der Waals surface area (Å²) in [5.41, 5.74) is 3.58. The molecule has 0 radical (unpaired) electrons. The predicted molar refractivity (Wildman–Crippen MR) is 120 cm³/mol. The molecule has 2 aliphatic heterocycles. The van der Waals surface area contributed by atoms with Crippen LogP contribution in [0.25, 0.3) is 0 Å². The van der Waals surface area contributed by atoms with Crippen molar-refractivity contribution in [3.63, 3.8) is 0 Å². The predicted octanol–water partition coefficient (Wildman–Crippen LogP) is 5.71. The molecule has 2 heterocycles. The van der Waals surface area contributed by atoms with Gasteiger partial charge < -0.3 is 9.80 Å². The summed E-state index contributed by atoms with van der Waals surface area (Å²) >= 11 is 12.2. The van der Waals surface area contributed by atoms with Gasteiger partial charge in [-0.3, -0.25) is 4.79 Å². The normalized spacial score (nSPS) is 24.6. The molecule has 154 valence electrons. The number of hydrogen-bond donors (Lipinski definition) is 0. The maximum absolute atomic E-state index is 13.5. The molecule has 5 heteroatoms.